The number of rotatable bonds is 8. The third kappa shape index (κ3) is 5.62. The van der Waals surface area contributed by atoms with Crippen molar-refractivity contribution in [3.05, 3.63) is 41.0 Å². The van der Waals surface area contributed by atoms with Crippen molar-refractivity contribution in [2.45, 2.75) is 6.61 Å². The van der Waals surface area contributed by atoms with Crippen LogP contribution in [0.2, 0.25) is 0 Å². The molecule has 1 aromatic heterocycles. The predicted octanol–water partition coefficient (Wildman–Crippen LogP) is 2.15. The average Bonchev–Trinajstić information content (AvgIpc) is 3.12. The van der Waals surface area contributed by atoms with Gasteiger partial charge in [-0.1, -0.05) is 12.1 Å². The number of nitrogens with one attached hydrogen (secondary N) is 2. The SMILES string of the molecule is O=C(NCCN1CCOCC1)Nc1snc(OCc2cccc(F)c2F)c1C(=O)O. The van der Waals surface area contributed by atoms with E-state index in [1.165, 1.54) is 12.1 Å². The number of halogens is 2. The molecule has 12 heteroatoms. The number of aromatic nitrogens is 1. The van der Waals surface area contributed by atoms with Crippen LogP contribution in [0.5, 0.6) is 5.88 Å². The van der Waals surface area contributed by atoms with Crippen molar-refractivity contribution >= 4 is 28.5 Å². The maximum Gasteiger partial charge on any atom is 0.344 e. The van der Waals surface area contributed by atoms with Crippen molar-refractivity contribution in [1.82, 2.24) is 14.6 Å². The first-order valence-electron chi connectivity index (χ1n) is 9.09. The van der Waals surface area contributed by atoms with Crippen LogP contribution in [0.15, 0.2) is 18.2 Å². The lowest BCUT2D eigenvalue weighted by atomic mass is 10.2. The highest BCUT2D eigenvalue weighted by molar-refractivity contribution is 7.11. The van der Waals surface area contributed by atoms with Gasteiger partial charge in [0.1, 0.15) is 11.6 Å². The quantitative estimate of drug-likeness (QED) is 0.574. The van der Waals surface area contributed by atoms with Crippen molar-refractivity contribution < 1.29 is 33.0 Å². The minimum atomic E-state index is -1.37. The highest BCUT2D eigenvalue weighted by atomic mass is 32.1. The molecule has 0 bridgehead atoms. The zero-order valence-corrected chi connectivity index (χ0v) is 16.6. The van der Waals surface area contributed by atoms with Gasteiger partial charge < -0.3 is 19.9 Å². The second-order valence-corrected chi connectivity index (χ2v) is 7.11. The topological polar surface area (TPSA) is 113 Å². The van der Waals surface area contributed by atoms with Crippen molar-refractivity contribution in [3.63, 3.8) is 0 Å². The number of carbonyl (C=O) groups excluding carboxylic acids is 1. The van der Waals surface area contributed by atoms with E-state index in [-0.39, 0.29) is 22.0 Å². The predicted molar refractivity (Wildman–Crippen MR) is 104 cm³/mol. The van der Waals surface area contributed by atoms with Gasteiger partial charge in [-0.05, 0) is 17.6 Å². The molecule has 2 heterocycles. The Morgan fingerprint density at radius 2 is 2.07 bits per heavy atom. The Labute approximate surface area is 174 Å². The highest BCUT2D eigenvalue weighted by Crippen LogP contribution is 2.31. The Bertz CT molecular complexity index is 905. The van der Waals surface area contributed by atoms with Gasteiger partial charge >= 0.3 is 12.0 Å². The van der Waals surface area contributed by atoms with Gasteiger partial charge in [0, 0.05) is 31.7 Å². The molecule has 162 valence electrons. The van der Waals surface area contributed by atoms with E-state index in [9.17, 15) is 23.5 Å². The number of hydrogen-bond donors (Lipinski definition) is 3. The summed E-state index contributed by atoms with van der Waals surface area (Å²) in [5, 5.41) is 14.5. The Balaban J connectivity index is 1.57. The standard InChI is InChI=1S/C18H20F2N4O5S/c19-12-3-1-2-11(14(12)20)10-29-15-13(17(25)26)16(30-23-15)22-18(27)21-4-5-24-6-8-28-9-7-24/h1-3H,4-10H2,(H,25,26)(H2,21,22,27). The summed E-state index contributed by atoms with van der Waals surface area (Å²) in [4.78, 5) is 25.8. The molecule has 2 amide bonds. The average molecular weight is 442 g/mol. The molecular weight excluding hydrogens is 422 g/mol. The largest absolute Gasteiger partial charge is 0.477 e. The number of urea groups is 1. The van der Waals surface area contributed by atoms with Gasteiger partial charge in [0.05, 0.1) is 13.2 Å². The number of carboxylic acids is 1. The number of aromatic carboxylic acids is 1. The van der Waals surface area contributed by atoms with Crippen LogP contribution in [0.25, 0.3) is 0 Å². The fraction of sp³-hybridized carbons (Fsp3) is 0.389. The Morgan fingerprint density at radius 3 is 2.80 bits per heavy atom. The van der Waals surface area contributed by atoms with Crippen molar-refractivity contribution in [2.24, 2.45) is 0 Å². The van der Waals surface area contributed by atoms with Gasteiger partial charge in [0.15, 0.2) is 17.2 Å². The lowest BCUT2D eigenvalue weighted by Crippen LogP contribution is -2.42. The third-order valence-electron chi connectivity index (χ3n) is 4.31. The van der Waals surface area contributed by atoms with Crippen LogP contribution in [0.4, 0.5) is 18.6 Å². The zero-order chi connectivity index (χ0) is 21.5. The molecule has 3 rings (SSSR count). The van der Waals surface area contributed by atoms with Crippen LogP contribution < -0.4 is 15.4 Å². The van der Waals surface area contributed by atoms with E-state index >= 15 is 0 Å². The van der Waals surface area contributed by atoms with Gasteiger partial charge in [0.2, 0.25) is 5.88 Å². The number of hydrogen-bond acceptors (Lipinski definition) is 7. The summed E-state index contributed by atoms with van der Waals surface area (Å²) < 4.78 is 41.4. The van der Waals surface area contributed by atoms with Crippen LogP contribution >= 0.6 is 11.5 Å². The fourth-order valence-corrected chi connectivity index (χ4v) is 3.48. The number of morpholine rings is 1. The summed E-state index contributed by atoms with van der Waals surface area (Å²) in [7, 11) is 0. The van der Waals surface area contributed by atoms with Crippen LogP contribution in [-0.2, 0) is 11.3 Å². The van der Waals surface area contributed by atoms with Gasteiger partial charge in [-0.15, -0.1) is 0 Å². The zero-order valence-electron chi connectivity index (χ0n) is 15.8. The maximum absolute atomic E-state index is 13.7. The molecule has 0 saturated carbocycles. The molecule has 0 aliphatic carbocycles. The van der Waals surface area contributed by atoms with E-state index in [0.717, 1.165) is 19.2 Å². The summed E-state index contributed by atoms with van der Waals surface area (Å²) in [5.41, 5.74) is -0.449. The first-order chi connectivity index (χ1) is 14.5. The first kappa shape index (κ1) is 21.9. The summed E-state index contributed by atoms with van der Waals surface area (Å²) in [6.45, 7) is 3.46. The minimum absolute atomic E-state index is 0.0268. The van der Waals surface area contributed by atoms with Crippen molar-refractivity contribution in [2.75, 3.05) is 44.7 Å². The van der Waals surface area contributed by atoms with E-state index in [2.05, 4.69) is 19.9 Å². The Morgan fingerprint density at radius 1 is 1.30 bits per heavy atom. The Kier molecular flexibility index (Phi) is 7.49. The monoisotopic (exact) mass is 442 g/mol. The number of ether oxygens (including phenoxy) is 2. The van der Waals surface area contributed by atoms with Crippen LogP contribution in [-0.4, -0.2) is 65.8 Å². The van der Waals surface area contributed by atoms with Crippen LogP contribution in [0, 0.1) is 11.6 Å². The molecule has 1 aliphatic heterocycles. The molecule has 0 radical (unpaired) electrons. The fourth-order valence-electron chi connectivity index (χ4n) is 2.75. The molecule has 3 N–H and O–H groups in total. The molecule has 0 spiro atoms. The van der Waals surface area contributed by atoms with E-state index in [0.29, 0.717) is 37.8 Å². The molecule has 1 saturated heterocycles. The van der Waals surface area contributed by atoms with Gasteiger partial charge in [-0.25, -0.2) is 18.4 Å². The summed E-state index contributed by atoms with van der Waals surface area (Å²) in [6.07, 6.45) is 0. The second kappa shape index (κ2) is 10.3. The molecule has 9 nitrogen and oxygen atoms in total. The molecule has 0 atom stereocenters. The molecule has 2 aromatic rings. The molecule has 1 aromatic carbocycles. The van der Waals surface area contributed by atoms with E-state index < -0.39 is 30.2 Å². The molecule has 30 heavy (non-hydrogen) atoms. The minimum Gasteiger partial charge on any atom is -0.477 e. The third-order valence-corrected chi connectivity index (χ3v) is 5.06. The van der Waals surface area contributed by atoms with Crippen LogP contribution in [0.1, 0.15) is 15.9 Å². The van der Waals surface area contributed by atoms with Crippen LogP contribution in [0.3, 0.4) is 0 Å². The number of benzene rings is 1. The lowest BCUT2D eigenvalue weighted by Gasteiger charge is -2.26. The van der Waals surface area contributed by atoms with E-state index in [1.807, 2.05) is 0 Å². The van der Waals surface area contributed by atoms with E-state index in [1.54, 1.807) is 0 Å². The van der Waals surface area contributed by atoms with Gasteiger partial charge in [-0.2, -0.15) is 4.37 Å². The second-order valence-electron chi connectivity index (χ2n) is 6.33. The van der Waals surface area contributed by atoms with Crippen molar-refractivity contribution in [1.29, 1.82) is 0 Å². The number of nitrogens with zero attached hydrogens (tertiary/aromatic N) is 2. The van der Waals surface area contributed by atoms with E-state index in [4.69, 9.17) is 9.47 Å². The van der Waals surface area contributed by atoms with Gasteiger partial charge in [0.25, 0.3) is 0 Å². The van der Waals surface area contributed by atoms with Gasteiger partial charge in [-0.3, -0.25) is 10.2 Å². The van der Waals surface area contributed by atoms with Crippen molar-refractivity contribution in [3.8, 4) is 5.88 Å². The smallest absolute Gasteiger partial charge is 0.344 e. The summed E-state index contributed by atoms with van der Waals surface area (Å²) >= 11 is 0.714. The summed E-state index contributed by atoms with van der Waals surface area (Å²) in [5.74, 6) is -3.78. The number of carbonyl (C=O) groups is 2. The molecule has 1 fully saturated rings. The molecular formula is C18H20F2N4O5S. The summed E-state index contributed by atoms with van der Waals surface area (Å²) in [6, 6.07) is 3.00. The number of carboxylic acid groups (broad SMARTS) is 1. The molecule has 1 aliphatic rings. The first-order valence-corrected chi connectivity index (χ1v) is 9.86. The maximum atomic E-state index is 13.7. The number of amides is 2. The lowest BCUT2D eigenvalue weighted by molar-refractivity contribution is 0.0388. The number of anilines is 1. The Hall–Kier alpha value is -2.83. The molecule has 0 unspecified atom stereocenters. The highest BCUT2D eigenvalue weighted by Gasteiger charge is 2.24. The normalized spacial score (nSPS) is 14.3.